The Bertz CT molecular complexity index is 375. The maximum absolute atomic E-state index is 12.3. The largest absolute Gasteiger partial charge is 0.390 e. The highest BCUT2D eigenvalue weighted by Gasteiger charge is 2.68. The standard InChI is InChI=1S/C13H22Cl2N2O3/c1-12(9-13(12,14)15)11(19)16(2)7-10(18)8-17-3-5-20-6-4-17/h10,18H,3-9H2,1-2H3. The van der Waals surface area contributed by atoms with Crippen LogP contribution in [0, 0.1) is 5.41 Å². The van der Waals surface area contributed by atoms with E-state index >= 15 is 0 Å². The molecule has 1 aliphatic carbocycles. The lowest BCUT2D eigenvalue weighted by Gasteiger charge is -2.30. The fourth-order valence-corrected chi connectivity index (χ4v) is 3.29. The molecule has 0 bridgehead atoms. The van der Waals surface area contributed by atoms with Crippen molar-refractivity contribution in [1.29, 1.82) is 0 Å². The van der Waals surface area contributed by atoms with Gasteiger partial charge in [0.1, 0.15) is 4.33 Å². The average Bonchev–Trinajstić information content (AvgIpc) is 2.89. The highest BCUT2D eigenvalue weighted by molar-refractivity contribution is 6.53. The summed E-state index contributed by atoms with van der Waals surface area (Å²) in [7, 11) is 1.68. The molecule has 2 atom stereocenters. The molecule has 2 aliphatic rings. The van der Waals surface area contributed by atoms with Gasteiger partial charge in [-0.3, -0.25) is 9.69 Å². The maximum Gasteiger partial charge on any atom is 0.231 e. The van der Waals surface area contributed by atoms with Crippen molar-refractivity contribution in [3.63, 3.8) is 0 Å². The number of amides is 1. The van der Waals surface area contributed by atoms with Crippen molar-refractivity contribution in [2.24, 2.45) is 5.41 Å². The number of halogens is 2. The molecule has 1 amide bonds. The van der Waals surface area contributed by atoms with Gasteiger partial charge in [0.2, 0.25) is 5.91 Å². The first-order chi connectivity index (χ1) is 9.26. The zero-order valence-corrected chi connectivity index (χ0v) is 13.5. The number of carbonyl (C=O) groups excluding carboxylic acids is 1. The summed E-state index contributed by atoms with van der Waals surface area (Å²) in [5.74, 6) is -0.108. The molecule has 7 heteroatoms. The molecule has 0 aromatic carbocycles. The number of nitrogens with zero attached hydrogens (tertiary/aromatic N) is 2. The third-order valence-electron chi connectivity index (χ3n) is 4.13. The first-order valence-electron chi connectivity index (χ1n) is 6.88. The molecule has 2 unspecified atom stereocenters. The zero-order chi connectivity index (χ0) is 15.0. The number of β-amino-alcohol motifs (C(OH)–C–C–N with tert-alkyl or cyclic N) is 1. The molecule has 2 rings (SSSR count). The molecule has 1 heterocycles. The van der Waals surface area contributed by atoms with E-state index < -0.39 is 15.9 Å². The molecule has 20 heavy (non-hydrogen) atoms. The highest BCUT2D eigenvalue weighted by Crippen LogP contribution is 2.64. The van der Waals surface area contributed by atoms with Gasteiger partial charge in [0.05, 0.1) is 24.7 Å². The number of likely N-dealkylation sites (N-methyl/N-ethyl adjacent to an activating group) is 1. The number of aliphatic hydroxyl groups is 1. The van der Waals surface area contributed by atoms with Crippen molar-refractivity contribution >= 4 is 29.1 Å². The second-order valence-electron chi connectivity index (χ2n) is 5.97. The first kappa shape index (κ1) is 16.3. The summed E-state index contributed by atoms with van der Waals surface area (Å²) in [4.78, 5) is 15.9. The van der Waals surface area contributed by atoms with Crippen LogP contribution in [-0.4, -0.2) is 77.7 Å². The van der Waals surface area contributed by atoms with E-state index in [4.69, 9.17) is 27.9 Å². The van der Waals surface area contributed by atoms with Gasteiger partial charge in [-0.25, -0.2) is 0 Å². The van der Waals surface area contributed by atoms with E-state index in [0.717, 1.165) is 13.1 Å². The van der Waals surface area contributed by atoms with Gasteiger partial charge < -0.3 is 14.7 Å². The van der Waals surface area contributed by atoms with E-state index in [1.54, 1.807) is 14.0 Å². The topological polar surface area (TPSA) is 53.0 Å². The SMILES string of the molecule is CN(CC(O)CN1CCOCC1)C(=O)C1(C)CC1(Cl)Cl. The Hall–Kier alpha value is -0.0700. The van der Waals surface area contributed by atoms with Crippen LogP contribution in [0.2, 0.25) is 0 Å². The van der Waals surface area contributed by atoms with E-state index in [9.17, 15) is 9.90 Å². The highest BCUT2D eigenvalue weighted by atomic mass is 35.5. The van der Waals surface area contributed by atoms with E-state index in [0.29, 0.717) is 26.2 Å². The summed E-state index contributed by atoms with van der Waals surface area (Å²) in [6, 6.07) is 0. The number of aliphatic hydroxyl groups excluding tert-OH is 1. The molecule has 1 N–H and O–H groups in total. The molecule has 2 fully saturated rings. The summed E-state index contributed by atoms with van der Waals surface area (Å²) in [5.41, 5.74) is -0.719. The Morgan fingerprint density at radius 1 is 1.45 bits per heavy atom. The van der Waals surface area contributed by atoms with E-state index in [2.05, 4.69) is 4.90 Å². The van der Waals surface area contributed by atoms with Crippen LogP contribution in [0.1, 0.15) is 13.3 Å². The number of rotatable bonds is 5. The van der Waals surface area contributed by atoms with Gasteiger partial charge in [-0.15, -0.1) is 23.2 Å². The summed E-state index contributed by atoms with van der Waals surface area (Å²) < 4.78 is 4.29. The van der Waals surface area contributed by atoms with Crippen LogP contribution in [0.15, 0.2) is 0 Å². The summed E-state index contributed by atoms with van der Waals surface area (Å²) >= 11 is 12.0. The van der Waals surface area contributed by atoms with Crippen molar-refractivity contribution in [2.75, 3.05) is 46.4 Å². The molecule has 1 aliphatic heterocycles. The molecular formula is C13H22Cl2N2O3. The molecule has 0 aromatic heterocycles. The Labute approximate surface area is 129 Å². The lowest BCUT2D eigenvalue weighted by atomic mass is 10.1. The summed E-state index contributed by atoms with van der Waals surface area (Å²) in [5, 5.41) is 10.1. The van der Waals surface area contributed by atoms with E-state index in [-0.39, 0.29) is 12.5 Å². The molecule has 1 saturated heterocycles. The zero-order valence-electron chi connectivity index (χ0n) is 11.9. The van der Waals surface area contributed by atoms with Gasteiger partial charge in [-0.2, -0.15) is 0 Å². The molecule has 0 aromatic rings. The fourth-order valence-electron chi connectivity index (χ4n) is 2.59. The Morgan fingerprint density at radius 3 is 2.50 bits per heavy atom. The van der Waals surface area contributed by atoms with Crippen molar-refractivity contribution in [3.05, 3.63) is 0 Å². The number of carbonyl (C=O) groups is 1. The average molecular weight is 325 g/mol. The Balaban J connectivity index is 1.79. The Morgan fingerprint density at radius 2 is 2.00 bits per heavy atom. The normalized spacial score (nSPS) is 30.9. The number of hydrogen-bond acceptors (Lipinski definition) is 4. The van der Waals surface area contributed by atoms with Gasteiger partial charge in [0.25, 0.3) is 0 Å². The first-order valence-corrected chi connectivity index (χ1v) is 7.63. The van der Waals surface area contributed by atoms with Crippen LogP contribution >= 0.6 is 23.2 Å². The van der Waals surface area contributed by atoms with Crippen molar-refractivity contribution in [2.45, 2.75) is 23.8 Å². The van der Waals surface area contributed by atoms with E-state index in [1.807, 2.05) is 0 Å². The third kappa shape index (κ3) is 3.39. The van der Waals surface area contributed by atoms with Gasteiger partial charge in [0.15, 0.2) is 0 Å². The maximum atomic E-state index is 12.3. The third-order valence-corrected chi connectivity index (χ3v) is 5.24. The van der Waals surface area contributed by atoms with Crippen LogP contribution in [0.3, 0.4) is 0 Å². The Kier molecular flexibility index (Phi) is 4.87. The van der Waals surface area contributed by atoms with Crippen molar-refractivity contribution in [1.82, 2.24) is 9.80 Å². The molecule has 5 nitrogen and oxygen atoms in total. The lowest BCUT2D eigenvalue weighted by Crippen LogP contribution is -2.46. The molecule has 1 saturated carbocycles. The molecule has 0 spiro atoms. The van der Waals surface area contributed by atoms with Crippen molar-refractivity contribution in [3.8, 4) is 0 Å². The number of ether oxygens (including phenoxy) is 1. The fraction of sp³-hybridized carbons (Fsp3) is 0.923. The van der Waals surface area contributed by atoms with Gasteiger partial charge in [-0.05, 0) is 13.3 Å². The quantitative estimate of drug-likeness (QED) is 0.757. The minimum absolute atomic E-state index is 0.108. The smallest absolute Gasteiger partial charge is 0.231 e. The minimum atomic E-state index is -0.965. The van der Waals surface area contributed by atoms with E-state index in [1.165, 1.54) is 4.90 Å². The van der Waals surface area contributed by atoms with Crippen LogP contribution in [-0.2, 0) is 9.53 Å². The van der Waals surface area contributed by atoms with Crippen LogP contribution in [0.5, 0.6) is 0 Å². The minimum Gasteiger partial charge on any atom is -0.390 e. The van der Waals surface area contributed by atoms with Gasteiger partial charge >= 0.3 is 0 Å². The van der Waals surface area contributed by atoms with Crippen LogP contribution in [0.4, 0.5) is 0 Å². The monoisotopic (exact) mass is 324 g/mol. The summed E-state index contributed by atoms with van der Waals surface area (Å²) in [6.07, 6.45) is -0.115. The molecular weight excluding hydrogens is 303 g/mol. The number of morpholine rings is 1. The predicted octanol–water partition coefficient (Wildman–Crippen LogP) is 0.722. The predicted molar refractivity (Wildman–Crippen MR) is 78.1 cm³/mol. The second kappa shape index (κ2) is 5.97. The van der Waals surface area contributed by atoms with Crippen LogP contribution < -0.4 is 0 Å². The van der Waals surface area contributed by atoms with Gasteiger partial charge in [0, 0.05) is 33.2 Å². The van der Waals surface area contributed by atoms with Crippen LogP contribution in [0.25, 0.3) is 0 Å². The summed E-state index contributed by atoms with van der Waals surface area (Å²) in [6.45, 7) is 5.62. The molecule has 0 radical (unpaired) electrons. The lowest BCUT2D eigenvalue weighted by molar-refractivity contribution is -0.136. The number of alkyl halides is 2. The van der Waals surface area contributed by atoms with Crippen molar-refractivity contribution < 1.29 is 14.6 Å². The number of hydrogen-bond donors (Lipinski definition) is 1. The second-order valence-corrected chi connectivity index (χ2v) is 7.45. The molecule has 116 valence electrons. The van der Waals surface area contributed by atoms with Gasteiger partial charge in [-0.1, -0.05) is 0 Å².